The fourth-order valence-electron chi connectivity index (χ4n) is 1.66. The van der Waals surface area contributed by atoms with Crippen molar-refractivity contribution < 1.29 is 18.3 Å². The lowest BCUT2D eigenvalue weighted by atomic mass is 10.1. The SMILES string of the molecule is OC(CNc1ccc(Br)c(F)c1)c1ccc(F)c(F)c1. The highest BCUT2D eigenvalue weighted by Crippen LogP contribution is 2.21. The second-order valence-corrected chi connectivity index (χ2v) is 5.05. The maximum atomic E-state index is 13.3. The third kappa shape index (κ3) is 3.52. The van der Waals surface area contributed by atoms with E-state index in [2.05, 4.69) is 21.2 Å². The topological polar surface area (TPSA) is 32.3 Å². The van der Waals surface area contributed by atoms with E-state index in [0.29, 0.717) is 10.2 Å². The molecule has 6 heteroatoms. The summed E-state index contributed by atoms with van der Waals surface area (Å²) in [7, 11) is 0. The summed E-state index contributed by atoms with van der Waals surface area (Å²) < 4.78 is 39.4. The lowest BCUT2D eigenvalue weighted by Gasteiger charge is -2.13. The van der Waals surface area contributed by atoms with Gasteiger partial charge in [-0.15, -0.1) is 0 Å². The third-order valence-electron chi connectivity index (χ3n) is 2.75. The lowest BCUT2D eigenvalue weighted by molar-refractivity contribution is 0.191. The van der Waals surface area contributed by atoms with Crippen LogP contribution in [0.1, 0.15) is 11.7 Å². The first kappa shape index (κ1) is 14.9. The Labute approximate surface area is 122 Å². The summed E-state index contributed by atoms with van der Waals surface area (Å²) >= 11 is 3.03. The Hall–Kier alpha value is -1.53. The zero-order valence-electron chi connectivity index (χ0n) is 10.2. The number of anilines is 1. The van der Waals surface area contributed by atoms with Crippen LogP contribution < -0.4 is 5.32 Å². The highest BCUT2D eigenvalue weighted by atomic mass is 79.9. The highest BCUT2D eigenvalue weighted by molar-refractivity contribution is 9.10. The molecule has 0 radical (unpaired) electrons. The standard InChI is InChI=1S/C14H11BrF3NO/c15-10-3-2-9(6-12(10)17)19-7-14(20)8-1-4-11(16)13(18)5-8/h1-6,14,19-20H,7H2. The van der Waals surface area contributed by atoms with Gasteiger partial charge in [-0.2, -0.15) is 0 Å². The van der Waals surface area contributed by atoms with E-state index in [-0.39, 0.29) is 12.1 Å². The van der Waals surface area contributed by atoms with Crippen LogP contribution in [0, 0.1) is 17.5 Å². The van der Waals surface area contributed by atoms with Crippen LogP contribution >= 0.6 is 15.9 Å². The van der Waals surface area contributed by atoms with E-state index < -0.39 is 23.6 Å². The quantitative estimate of drug-likeness (QED) is 0.877. The van der Waals surface area contributed by atoms with Crippen LogP contribution in [-0.4, -0.2) is 11.7 Å². The molecule has 0 saturated heterocycles. The molecule has 2 aromatic rings. The van der Waals surface area contributed by atoms with Gasteiger partial charge >= 0.3 is 0 Å². The van der Waals surface area contributed by atoms with Crippen molar-refractivity contribution in [2.75, 3.05) is 11.9 Å². The monoisotopic (exact) mass is 345 g/mol. The fourth-order valence-corrected chi connectivity index (χ4v) is 1.90. The maximum Gasteiger partial charge on any atom is 0.159 e. The molecule has 0 amide bonds. The number of rotatable bonds is 4. The van der Waals surface area contributed by atoms with Gasteiger partial charge in [-0.3, -0.25) is 0 Å². The average molecular weight is 346 g/mol. The van der Waals surface area contributed by atoms with Gasteiger partial charge in [-0.05, 0) is 51.8 Å². The van der Waals surface area contributed by atoms with Crippen molar-refractivity contribution in [3.05, 3.63) is 63.9 Å². The summed E-state index contributed by atoms with van der Waals surface area (Å²) in [6, 6.07) is 7.61. The zero-order valence-corrected chi connectivity index (χ0v) is 11.8. The number of aliphatic hydroxyl groups excluding tert-OH is 1. The van der Waals surface area contributed by atoms with Crippen LogP contribution in [-0.2, 0) is 0 Å². The first-order valence-electron chi connectivity index (χ1n) is 5.79. The van der Waals surface area contributed by atoms with Gasteiger partial charge in [0.1, 0.15) is 5.82 Å². The Morgan fingerprint density at radius 3 is 2.40 bits per heavy atom. The Bertz CT molecular complexity index is 621. The third-order valence-corrected chi connectivity index (χ3v) is 3.39. The molecule has 0 heterocycles. The molecule has 1 unspecified atom stereocenters. The molecule has 0 bridgehead atoms. The number of benzene rings is 2. The molecule has 1 atom stereocenters. The minimum atomic E-state index is -1.03. The van der Waals surface area contributed by atoms with Crippen LogP contribution in [0.15, 0.2) is 40.9 Å². The van der Waals surface area contributed by atoms with Crippen molar-refractivity contribution in [1.82, 2.24) is 0 Å². The summed E-state index contributed by atoms with van der Waals surface area (Å²) in [6.45, 7) is 0.0478. The van der Waals surface area contributed by atoms with E-state index in [9.17, 15) is 18.3 Å². The van der Waals surface area contributed by atoms with Gasteiger partial charge in [0.25, 0.3) is 0 Å². The molecule has 106 valence electrons. The number of aliphatic hydroxyl groups is 1. The first-order valence-corrected chi connectivity index (χ1v) is 6.58. The van der Waals surface area contributed by atoms with Crippen molar-refractivity contribution in [3.8, 4) is 0 Å². The van der Waals surface area contributed by atoms with E-state index in [0.717, 1.165) is 12.1 Å². The van der Waals surface area contributed by atoms with Gasteiger partial charge in [-0.25, -0.2) is 13.2 Å². The van der Waals surface area contributed by atoms with Crippen LogP contribution in [0.5, 0.6) is 0 Å². The number of hydrogen-bond donors (Lipinski definition) is 2. The molecule has 2 aromatic carbocycles. The smallest absolute Gasteiger partial charge is 0.159 e. The number of hydrogen-bond acceptors (Lipinski definition) is 2. The largest absolute Gasteiger partial charge is 0.387 e. The normalized spacial score (nSPS) is 12.2. The summed E-state index contributed by atoms with van der Waals surface area (Å²) in [5.74, 6) is -2.42. The van der Waals surface area contributed by atoms with E-state index in [1.54, 1.807) is 6.07 Å². The maximum absolute atomic E-state index is 13.3. The Kier molecular flexibility index (Phi) is 4.67. The molecule has 0 aromatic heterocycles. The summed E-state index contributed by atoms with van der Waals surface area (Å²) in [5.41, 5.74) is 0.723. The van der Waals surface area contributed by atoms with Gasteiger partial charge in [0.15, 0.2) is 11.6 Å². The van der Waals surface area contributed by atoms with E-state index in [4.69, 9.17) is 0 Å². The van der Waals surface area contributed by atoms with Crippen LogP contribution in [0.4, 0.5) is 18.9 Å². The molecule has 2 N–H and O–H groups in total. The Morgan fingerprint density at radius 2 is 1.75 bits per heavy atom. The van der Waals surface area contributed by atoms with Crippen molar-refractivity contribution >= 4 is 21.6 Å². The minimum Gasteiger partial charge on any atom is -0.387 e. The molecule has 0 aliphatic heterocycles. The van der Waals surface area contributed by atoms with Gasteiger partial charge in [0, 0.05) is 12.2 Å². The highest BCUT2D eigenvalue weighted by Gasteiger charge is 2.11. The Morgan fingerprint density at radius 1 is 1.00 bits per heavy atom. The average Bonchev–Trinajstić information content (AvgIpc) is 2.43. The molecule has 0 aliphatic rings. The molecule has 20 heavy (non-hydrogen) atoms. The van der Waals surface area contributed by atoms with E-state index in [1.165, 1.54) is 18.2 Å². The molecule has 0 fully saturated rings. The van der Waals surface area contributed by atoms with Gasteiger partial charge in [-0.1, -0.05) is 6.07 Å². The molecular formula is C14H11BrF3NO. The van der Waals surface area contributed by atoms with Crippen molar-refractivity contribution in [3.63, 3.8) is 0 Å². The first-order chi connectivity index (χ1) is 9.47. The van der Waals surface area contributed by atoms with Crippen molar-refractivity contribution in [2.45, 2.75) is 6.10 Å². The number of nitrogens with one attached hydrogen (secondary N) is 1. The van der Waals surface area contributed by atoms with Crippen LogP contribution in [0.2, 0.25) is 0 Å². The molecule has 0 saturated carbocycles. The van der Waals surface area contributed by atoms with Crippen molar-refractivity contribution in [1.29, 1.82) is 0 Å². The van der Waals surface area contributed by atoms with Crippen molar-refractivity contribution in [2.24, 2.45) is 0 Å². The summed E-state index contributed by atoms with van der Waals surface area (Å²) in [4.78, 5) is 0. The minimum absolute atomic E-state index is 0.0478. The van der Waals surface area contributed by atoms with Gasteiger partial charge < -0.3 is 10.4 Å². The molecule has 2 nitrogen and oxygen atoms in total. The lowest BCUT2D eigenvalue weighted by Crippen LogP contribution is -2.12. The number of halogens is 4. The van der Waals surface area contributed by atoms with Crippen LogP contribution in [0.3, 0.4) is 0 Å². The molecule has 2 rings (SSSR count). The van der Waals surface area contributed by atoms with E-state index >= 15 is 0 Å². The van der Waals surface area contributed by atoms with E-state index in [1.807, 2.05) is 0 Å². The predicted octanol–water partition coefficient (Wildman–Crippen LogP) is 4.01. The second-order valence-electron chi connectivity index (χ2n) is 4.20. The molecular weight excluding hydrogens is 335 g/mol. The van der Waals surface area contributed by atoms with Gasteiger partial charge in [0.05, 0.1) is 10.6 Å². The summed E-state index contributed by atoms with van der Waals surface area (Å²) in [6.07, 6.45) is -1.03. The predicted molar refractivity (Wildman–Crippen MR) is 73.9 cm³/mol. The molecule has 0 aliphatic carbocycles. The molecule has 0 spiro atoms. The Balaban J connectivity index is 2.02. The zero-order chi connectivity index (χ0) is 14.7. The van der Waals surface area contributed by atoms with Gasteiger partial charge in [0.2, 0.25) is 0 Å². The fraction of sp³-hybridized carbons (Fsp3) is 0.143. The summed E-state index contributed by atoms with van der Waals surface area (Å²) in [5, 5.41) is 12.7. The van der Waals surface area contributed by atoms with Crippen LogP contribution in [0.25, 0.3) is 0 Å². The second kappa shape index (κ2) is 6.28.